The van der Waals surface area contributed by atoms with Crippen molar-refractivity contribution in [3.05, 3.63) is 60.5 Å². The van der Waals surface area contributed by atoms with Gasteiger partial charge in [0.25, 0.3) is 0 Å². The summed E-state index contributed by atoms with van der Waals surface area (Å²) in [6.45, 7) is 5.26. The van der Waals surface area contributed by atoms with Crippen molar-refractivity contribution in [2.45, 2.75) is 31.7 Å². The highest BCUT2D eigenvalue weighted by Gasteiger charge is 2.36. The minimum absolute atomic E-state index is 0.0753. The second-order valence-corrected chi connectivity index (χ2v) is 6.87. The van der Waals surface area contributed by atoms with Gasteiger partial charge >= 0.3 is 0 Å². The minimum Gasteiger partial charge on any atom is -0.338 e. The van der Waals surface area contributed by atoms with Gasteiger partial charge in [-0.3, -0.25) is 4.90 Å². The molecule has 4 rings (SSSR count). The van der Waals surface area contributed by atoms with Gasteiger partial charge in [-0.25, -0.2) is 9.97 Å². The van der Waals surface area contributed by atoms with Crippen molar-refractivity contribution in [2.24, 2.45) is 0 Å². The number of hydrogen-bond donors (Lipinski definition) is 0. The van der Waals surface area contributed by atoms with Gasteiger partial charge in [0.1, 0.15) is 6.33 Å². The second-order valence-electron chi connectivity index (χ2n) is 6.87. The Balaban J connectivity index is 1.43. The molecule has 1 fully saturated rings. The molecule has 25 heavy (non-hydrogen) atoms. The topological polar surface area (TPSA) is 67.9 Å². The summed E-state index contributed by atoms with van der Waals surface area (Å²) >= 11 is 0. The summed E-state index contributed by atoms with van der Waals surface area (Å²) < 4.78 is 5.58. The van der Waals surface area contributed by atoms with E-state index in [0.717, 1.165) is 38.0 Å². The van der Waals surface area contributed by atoms with Crippen LogP contribution in [0.2, 0.25) is 0 Å². The van der Waals surface area contributed by atoms with E-state index in [-0.39, 0.29) is 5.41 Å². The van der Waals surface area contributed by atoms with Crippen LogP contribution in [0.1, 0.15) is 31.2 Å². The first-order valence-corrected chi connectivity index (χ1v) is 8.59. The molecule has 1 aromatic carbocycles. The van der Waals surface area contributed by atoms with Gasteiger partial charge in [-0.05, 0) is 31.5 Å². The number of likely N-dealkylation sites (tertiary alicyclic amines) is 1. The zero-order chi connectivity index (χ0) is 17.1. The summed E-state index contributed by atoms with van der Waals surface area (Å²) in [5, 5.41) is 4.11. The smallest absolute Gasteiger partial charge is 0.232 e. The lowest BCUT2D eigenvalue weighted by Gasteiger charge is -2.36. The molecule has 0 N–H and O–H groups in total. The molecule has 0 aliphatic carbocycles. The van der Waals surface area contributed by atoms with Gasteiger partial charge in [-0.15, -0.1) is 0 Å². The predicted molar refractivity (Wildman–Crippen MR) is 93.6 cm³/mol. The van der Waals surface area contributed by atoms with Gasteiger partial charge in [0.15, 0.2) is 0 Å². The zero-order valence-corrected chi connectivity index (χ0v) is 14.3. The normalized spacial score (nSPS) is 17.5. The number of piperidine rings is 1. The van der Waals surface area contributed by atoms with Gasteiger partial charge in [0, 0.05) is 24.4 Å². The largest absolute Gasteiger partial charge is 0.338 e. The van der Waals surface area contributed by atoms with Crippen molar-refractivity contribution in [2.75, 3.05) is 13.1 Å². The van der Waals surface area contributed by atoms with Crippen LogP contribution < -0.4 is 0 Å². The highest BCUT2D eigenvalue weighted by molar-refractivity contribution is 5.50. The van der Waals surface area contributed by atoms with Crippen LogP contribution in [0.15, 0.2) is 53.6 Å². The molecule has 0 saturated carbocycles. The number of hydrogen-bond acceptors (Lipinski definition) is 6. The SMILES string of the molecule is CC1(c2nc(-c3cncnc3)no2)CCN(Cc2ccccc2)CC1. The summed E-state index contributed by atoms with van der Waals surface area (Å²) in [6.07, 6.45) is 6.91. The van der Waals surface area contributed by atoms with Crippen molar-refractivity contribution in [1.82, 2.24) is 25.0 Å². The van der Waals surface area contributed by atoms with Gasteiger partial charge < -0.3 is 4.52 Å². The summed E-state index contributed by atoms with van der Waals surface area (Å²) in [5.41, 5.74) is 2.06. The molecule has 128 valence electrons. The van der Waals surface area contributed by atoms with Crippen LogP contribution in [0.4, 0.5) is 0 Å². The first-order chi connectivity index (χ1) is 12.2. The third-order valence-electron chi connectivity index (χ3n) is 4.97. The molecule has 0 bridgehead atoms. The Morgan fingerprint density at radius 1 is 1.08 bits per heavy atom. The molecule has 0 radical (unpaired) electrons. The van der Waals surface area contributed by atoms with Crippen LogP contribution in [0.25, 0.3) is 11.4 Å². The molecule has 1 aliphatic heterocycles. The van der Waals surface area contributed by atoms with Crippen LogP contribution in [0.3, 0.4) is 0 Å². The third kappa shape index (κ3) is 3.44. The molecule has 2 aromatic heterocycles. The molecule has 0 atom stereocenters. The molecule has 3 heterocycles. The Morgan fingerprint density at radius 3 is 2.52 bits per heavy atom. The average Bonchev–Trinajstić information content (AvgIpc) is 3.17. The fourth-order valence-electron chi connectivity index (χ4n) is 3.26. The lowest BCUT2D eigenvalue weighted by Crippen LogP contribution is -2.40. The van der Waals surface area contributed by atoms with Gasteiger partial charge in [0.05, 0.1) is 5.56 Å². The fraction of sp³-hybridized carbons (Fsp3) is 0.368. The van der Waals surface area contributed by atoms with E-state index in [9.17, 15) is 0 Å². The Labute approximate surface area is 146 Å². The monoisotopic (exact) mass is 335 g/mol. The average molecular weight is 335 g/mol. The maximum atomic E-state index is 5.58. The summed E-state index contributed by atoms with van der Waals surface area (Å²) in [6, 6.07) is 10.6. The Hall–Kier alpha value is -2.60. The molecule has 1 saturated heterocycles. The van der Waals surface area contributed by atoms with Crippen LogP contribution >= 0.6 is 0 Å². The number of aromatic nitrogens is 4. The molecule has 6 nitrogen and oxygen atoms in total. The van der Waals surface area contributed by atoms with E-state index in [0.29, 0.717) is 11.7 Å². The van der Waals surface area contributed by atoms with Crippen molar-refractivity contribution < 1.29 is 4.52 Å². The van der Waals surface area contributed by atoms with E-state index in [1.54, 1.807) is 12.4 Å². The molecule has 3 aromatic rings. The molecule has 0 amide bonds. The fourth-order valence-corrected chi connectivity index (χ4v) is 3.26. The van der Waals surface area contributed by atoms with E-state index < -0.39 is 0 Å². The van der Waals surface area contributed by atoms with Crippen molar-refractivity contribution in [1.29, 1.82) is 0 Å². The lowest BCUT2D eigenvalue weighted by molar-refractivity contribution is 0.137. The molecule has 0 unspecified atom stereocenters. The van der Waals surface area contributed by atoms with Crippen LogP contribution in [-0.4, -0.2) is 38.1 Å². The van der Waals surface area contributed by atoms with E-state index in [1.165, 1.54) is 11.9 Å². The maximum absolute atomic E-state index is 5.58. The van der Waals surface area contributed by atoms with Crippen molar-refractivity contribution >= 4 is 0 Å². The highest BCUT2D eigenvalue weighted by atomic mass is 16.5. The summed E-state index contributed by atoms with van der Waals surface area (Å²) in [4.78, 5) is 15.1. The number of benzene rings is 1. The van der Waals surface area contributed by atoms with Crippen molar-refractivity contribution in [3.63, 3.8) is 0 Å². The first kappa shape index (κ1) is 15.9. The molecular formula is C19H21N5O. The van der Waals surface area contributed by atoms with Crippen LogP contribution in [0.5, 0.6) is 0 Å². The van der Waals surface area contributed by atoms with Gasteiger partial charge in [-0.1, -0.05) is 42.4 Å². The first-order valence-electron chi connectivity index (χ1n) is 8.59. The number of nitrogens with zero attached hydrogens (tertiary/aromatic N) is 5. The minimum atomic E-state index is -0.0753. The predicted octanol–water partition coefficient (Wildman–Crippen LogP) is 3.08. The zero-order valence-electron chi connectivity index (χ0n) is 14.3. The van der Waals surface area contributed by atoms with Crippen LogP contribution in [-0.2, 0) is 12.0 Å². The Morgan fingerprint density at radius 2 is 1.80 bits per heavy atom. The van der Waals surface area contributed by atoms with E-state index in [2.05, 4.69) is 62.3 Å². The molecule has 6 heteroatoms. The summed E-state index contributed by atoms with van der Waals surface area (Å²) in [7, 11) is 0. The quantitative estimate of drug-likeness (QED) is 0.730. The highest BCUT2D eigenvalue weighted by Crippen LogP contribution is 2.35. The maximum Gasteiger partial charge on any atom is 0.232 e. The van der Waals surface area contributed by atoms with E-state index in [4.69, 9.17) is 4.52 Å². The van der Waals surface area contributed by atoms with Crippen molar-refractivity contribution in [3.8, 4) is 11.4 Å². The van der Waals surface area contributed by atoms with Crippen LogP contribution in [0, 0.1) is 0 Å². The van der Waals surface area contributed by atoms with Gasteiger partial charge in [-0.2, -0.15) is 4.98 Å². The standard InChI is InChI=1S/C19H21N5O/c1-19(18-22-17(23-25-18)16-11-20-14-21-12-16)7-9-24(10-8-19)13-15-5-3-2-4-6-15/h2-6,11-12,14H,7-10,13H2,1H3. The van der Waals surface area contributed by atoms with E-state index >= 15 is 0 Å². The molecule has 1 aliphatic rings. The Kier molecular flexibility index (Phi) is 4.28. The van der Waals surface area contributed by atoms with Gasteiger partial charge in [0.2, 0.25) is 11.7 Å². The third-order valence-corrected chi connectivity index (χ3v) is 4.97. The second kappa shape index (κ2) is 6.72. The molecule has 0 spiro atoms. The number of rotatable bonds is 4. The lowest BCUT2D eigenvalue weighted by atomic mass is 9.80. The molecular weight excluding hydrogens is 314 g/mol. The summed E-state index contributed by atoms with van der Waals surface area (Å²) in [5.74, 6) is 1.27. The van der Waals surface area contributed by atoms with E-state index in [1.807, 2.05) is 0 Å². The Bertz CT molecular complexity index is 810.